The lowest BCUT2D eigenvalue weighted by atomic mass is 10.2. The Morgan fingerprint density at radius 1 is 1.38 bits per heavy atom. The molecule has 1 saturated carbocycles. The van der Waals surface area contributed by atoms with Crippen LogP contribution >= 0.6 is 0 Å². The minimum Gasteiger partial charge on any atom is -0.477 e. The van der Waals surface area contributed by atoms with Gasteiger partial charge in [-0.15, -0.1) is 0 Å². The van der Waals surface area contributed by atoms with Crippen molar-refractivity contribution in [1.82, 2.24) is 25.0 Å². The fourth-order valence-corrected chi connectivity index (χ4v) is 3.32. The zero-order valence-electron chi connectivity index (χ0n) is 16.9. The number of aryl methyl sites for hydroxylation is 1. The Kier molecular flexibility index (Phi) is 5.64. The van der Waals surface area contributed by atoms with E-state index in [0.717, 1.165) is 17.9 Å². The molecule has 0 bridgehead atoms. The van der Waals surface area contributed by atoms with Crippen LogP contribution in [0.4, 0.5) is 5.69 Å². The highest BCUT2D eigenvalue weighted by atomic mass is 16.5. The lowest BCUT2D eigenvalue weighted by molar-refractivity contribution is -0.120. The molecule has 29 heavy (non-hydrogen) atoms. The van der Waals surface area contributed by atoms with Gasteiger partial charge in [0.25, 0.3) is 0 Å². The molecule has 1 aliphatic carbocycles. The zero-order valence-corrected chi connectivity index (χ0v) is 16.9. The van der Waals surface area contributed by atoms with Crippen LogP contribution < -0.4 is 15.0 Å². The Bertz CT molecular complexity index is 890. The van der Waals surface area contributed by atoms with E-state index >= 15 is 0 Å². The van der Waals surface area contributed by atoms with E-state index in [1.807, 2.05) is 30.3 Å². The Labute approximate surface area is 170 Å². The van der Waals surface area contributed by atoms with Crippen molar-refractivity contribution in [1.29, 1.82) is 0 Å². The van der Waals surface area contributed by atoms with E-state index < -0.39 is 0 Å². The van der Waals surface area contributed by atoms with Crippen LogP contribution in [-0.4, -0.2) is 64.8 Å². The van der Waals surface area contributed by atoms with Gasteiger partial charge in [-0.05, 0) is 30.4 Å². The molecular formula is C20H27N7O2. The molecule has 3 heterocycles. The van der Waals surface area contributed by atoms with E-state index in [-0.39, 0.29) is 12.5 Å². The lowest BCUT2D eigenvalue weighted by Crippen LogP contribution is -2.55. The van der Waals surface area contributed by atoms with E-state index in [9.17, 15) is 4.79 Å². The molecule has 2 aromatic heterocycles. The molecule has 2 aliphatic rings. The normalized spacial score (nSPS) is 17.6. The van der Waals surface area contributed by atoms with Gasteiger partial charge in [-0.1, -0.05) is 0 Å². The van der Waals surface area contributed by atoms with Crippen LogP contribution in [0.2, 0.25) is 0 Å². The second-order valence-corrected chi connectivity index (χ2v) is 7.50. The van der Waals surface area contributed by atoms with Crippen LogP contribution in [-0.2, 0) is 18.4 Å². The molecule has 4 rings (SSSR count). The molecule has 0 radical (unpaired) electrons. The fourth-order valence-electron chi connectivity index (χ4n) is 3.32. The molecule has 154 valence electrons. The third kappa shape index (κ3) is 4.85. The van der Waals surface area contributed by atoms with Gasteiger partial charge in [0, 0.05) is 52.2 Å². The first-order chi connectivity index (χ1) is 14.1. The van der Waals surface area contributed by atoms with Gasteiger partial charge in [0.05, 0.1) is 18.5 Å². The van der Waals surface area contributed by atoms with Crippen molar-refractivity contribution in [2.75, 3.05) is 38.2 Å². The van der Waals surface area contributed by atoms with E-state index in [0.29, 0.717) is 37.4 Å². The van der Waals surface area contributed by atoms with Gasteiger partial charge in [-0.25, -0.2) is 4.98 Å². The summed E-state index contributed by atoms with van der Waals surface area (Å²) in [5.41, 5.74) is 1.89. The highest BCUT2D eigenvalue weighted by Crippen LogP contribution is 2.29. The smallest absolute Gasteiger partial charge is 0.246 e. The van der Waals surface area contributed by atoms with Crippen molar-refractivity contribution >= 4 is 17.6 Å². The molecule has 9 heteroatoms. The molecule has 0 atom stereocenters. The van der Waals surface area contributed by atoms with E-state index in [1.54, 1.807) is 29.0 Å². The lowest BCUT2D eigenvalue weighted by Gasteiger charge is -2.35. The zero-order chi connectivity index (χ0) is 20.2. The monoisotopic (exact) mass is 397 g/mol. The Balaban J connectivity index is 1.31. The minimum atomic E-state index is 0.0341. The molecule has 2 aromatic rings. The van der Waals surface area contributed by atoms with Crippen molar-refractivity contribution in [2.24, 2.45) is 18.0 Å². The molecule has 1 amide bonds. The summed E-state index contributed by atoms with van der Waals surface area (Å²) in [7, 11) is 3.58. The van der Waals surface area contributed by atoms with Crippen LogP contribution in [0.15, 0.2) is 35.7 Å². The number of hydrogen-bond acceptors (Lipinski definition) is 5. The Hall–Kier alpha value is -3.10. The predicted octanol–water partition coefficient (Wildman–Crippen LogP) is 1.03. The third-order valence-corrected chi connectivity index (χ3v) is 5.15. The van der Waals surface area contributed by atoms with E-state index in [4.69, 9.17) is 4.74 Å². The number of carbonyl (C=O) groups excluding carboxylic acids is 1. The first-order valence-electron chi connectivity index (χ1n) is 9.94. The molecule has 1 N–H and O–H groups in total. The highest BCUT2D eigenvalue weighted by molar-refractivity contribution is 5.98. The first kappa shape index (κ1) is 19.2. The number of ether oxygens (including phenoxy) is 1. The number of amides is 1. The van der Waals surface area contributed by atoms with Crippen molar-refractivity contribution in [3.63, 3.8) is 0 Å². The topological polar surface area (TPSA) is 87.9 Å². The number of aromatic nitrogens is 3. The van der Waals surface area contributed by atoms with Crippen LogP contribution in [0.3, 0.4) is 0 Å². The van der Waals surface area contributed by atoms with Gasteiger partial charge in [-0.3, -0.25) is 14.5 Å². The second kappa shape index (κ2) is 8.50. The summed E-state index contributed by atoms with van der Waals surface area (Å²) < 4.78 is 7.45. The number of rotatable bonds is 6. The summed E-state index contributed by atoms with van der Waals surface area (Å²) >= 11 is 0. The molecular weight excluding hydrogens is 370 g/mol. The summed E-state index contributed by atoms with van der Waals surface area (Å²) in [4.78, 5) is 25.0. The largest absolute Gasteiger partial charge is 0.477 e. The molecule has 0 spiro atoms. The van der Waals surface area contributed by atoms with Crippen molar-refractivity contribution in [3.8, 4) is 5.88 Å². The fraction of sp³-hybridized carbons (Fsp3) is 0.500. The molecule has 1 aliphatic heterocycles. The quantitative estimate of drug-likeness (QED) is 0.579. The first-order valence-corrected chi connectivity index (χ1v) is 9.94. The number of guanidine groups is 1. The maximum atomic E-state index is 12.6. The molecule has 1 saturated heterocycles. The number of aliphatic imine (C=N–C) groups is 1. The van der Waals surface area contributed by atoms with Crippen molar-refractivity contribution in [3.05, 3.63) is 36.3 Å². The maximum Gasteiger partial charge on any atom is 0.246 e. The summed E-state index contributed by atoms with van der Waals surface area (Å²) in [6, 6.07) is 3.91. The van der Waals surface area contributed by atoms with Crippen LogP contribution in [0.25, 0.3) is 0 Å². The van der Waals surface area contributed by atoms with Crippen molar-refractivity contribution < 1.29 is 9.53 Å². The van der Waals surface area contributed by atoms with E-state index in [1.165, 1.54) is 12.8 Å². The average Bonchev–Trinajstić information content (AvgIpc) is 3.46. The number of nitrogens with zero attached hydrogens (tertiary/aromatic N) is 6. The number of pyridine rings is 1. The third-order valence-electron chi connectivity index (χ3n) is 5.15. The highest BCUT2D eigenvalue weighted by Gasteiger charge is 2.27. The summed E-state index contributed by atoms with van der Waals surface area (Å²) in [5, 5.41) is 7.50. The van der Waals surface area contributed by atoms with Gasteiger partial charge in [0.15, 0.2) is 5.96 Å². The Morgan fingerprint density at radius 3 is 2.93 bits per heavy atom. The SMILES string of the molecule is CN=C(NCc1ccnc(OCC2CC2)c1)N1CCN(c2cnn(C)c2)C(=O)C1. The van der Waals surface area contributed by atoms with Gasteiger partial charge >= 0.3 is 0 Å². The number of hydrogen-bond donors (Lipinski definition) is 1. The standard InChI is InChI=1S/C20H27N7O2/c1-21-20(23-10-16-5-6-22-18(9-16)29-14-15-3-4-15)26-7-8-27(19(28)13-26)17-11-24-25(2)12-17/h5-6,9,11-12,15H,3-4,7-8,10,13-14H2,1-2H3,(H,21,23). The molecule has 0 unspecified atom stereocenters. The van der Waals surface area contributed by atoms with Gasteiger partial charge < -0.3 is 19.9 Å². The van der Waals surface area contributed by atoms with Gasteiger partial charge in [0.1, 0.15) is 6.54 Å². The number of carbonyl (C=O) groups is 1. The maximum absolute atomic E-state index is 12.6. The Morgan fingerprint density at radius 2 is 2.24 bits per heavy atom. The minimum absolute atomic E-state index is 0.0341. The summed E-state index contributed by atoms with van der Waals surface area (Å²) in [5.74, 6) is 2.10. The van der Waals surface area contributed by atoms with Crippen LogP contribution in [0.5, 0.6) is 5.88 Å². The summed E-state index contributed by atoms with van der Waals surface area (Å²) in [6.07, 6.45) is 7.84. The molecule has 9 nitrogen and oxygen atoms in total. The van der Waals surface area contributed by atoms with Gasteiger partial charge in [0.2, 0.25) is 11.8 Å². The van der Waals surface area contributed by atoms with Gasteiger partial charge in [-0.2, -0.15) is 5.10 Å². The van der Waals surface area contributed by atoms with E-state index in [2.05, 4.69) is 20.4 Å². The molecule has 0 aromatic carbocycles. The second-order valence-electron chi connectivity index (χ2n) is 7.50. The number of nitrogens with one attached hydrogen (secondary N) is 1. The number of anilines is 1. The van der Waals surface area contributed by atoms with Crippen LogP contribution in [0.1, 0.15) is 18.4 Å². The predicted molar refractivity (Wildman–Crippen MR) is 110 cm³/mol. The average molecular weight is 397 g/mol. The van der Waals surface area contributed by atoms with Crippen molar-refractivity contribution in [2.45, 2.75) is 19.4 Å². The molecule has 2 fully saturated rings. The van der Waals surface area contributed by atoms with Crippen LogP contribution in [0, 0.1) is 5.92 Å². The summed E-state index contributed by atoms with van der Waals surface area (Å²) in [6.45, 7) is 2.91. The number of piperazine rings is 1.